The van der Waals surface area contributed by atoms with Gasteiger partial charge in [0, 0.05) is 74.0 Å². The summed E-state index contributed by atoms with van der Waals surface area (Å²) in [6, 6.07) is 7.16. The molecule has 3 fully saturated rings. The maximum absolute atomic E-state index is 15.0. The van der Waals surface area contributed by atoms with Crippen LogP contribution in [0.25, 0.3) is 11.1 Å². The molecular formula is C35H47FN4O6. The topological polar surface area (TPSA) is 123 Å². The number of rotatable bonds is 7. The summed E-state index contributed by atoms with van der Waals surface area (Å²) in [7, 11) is 0. The lowest BCUT2D eigenvalue weighted by Crippen LogP contribution is -2.61. The van der Waals surface area contributed by atoms with Crippen molar-refractivity contribution in [3.05, 3.63) is 58.3 Å². The fraction of sp³-hybridized carbons (Fsp3) is 0.600. The number of aromatic nitrogens is 1. The highest BCUT2D eigenvalue weighted by Crippen LogP contribution is 2.41. The average Bonchev–Trinajstić information content (AvgIpc) is 3.03. The van der Waals surface area contributed by atoms with E-state index in [4.69, 9.17) is 0 Å². The molecule has 0 radical (unpaired) electrons. The van der Waals surface area contributed by atoms with Crippen LogP contribution in [0.4, 0.5) is 9.18 Å². The van der Waals surface area contributed by atoms with Gasteiger partial charge in [-0.2, -0.15) is 0 Å². The van der Waals surface area contributed by atoms with Gasteiger partial charge in [0.2, 0.25) is 5.91 Å². The van der Waals surface area contributed by atoms with Crippen LogP contribution in [0.2, 0.25) is 0 Å². The minimum absolute atomic E-state index is 0.0930. The SMILES string of the molecule is CC(CC1CCCCC1)C(=O)N1CC[C@@](O)(Cn2cc(C(=O)N3CCN(C(=O)O)CC3)c(-c3ccccc3F)cc2=O)C(C)(C)C1. The van der Waals surface area contributed by atoms with Crippen molar-refractivity contribution < 1.29 is 29.0 Å². The molecule has 2 aliphatic heterocycles. The number of pyridine rings is 1. The summed E-state index contributed by atoms with van der Waals surface area (Å²) >= 11 is 0. The van der Waals surface area contributed by atoms with E-state index in [1.807, 2.05) is 25.7 Å². The van der Waals surface area contributed by atoms with Crippen molar-refractivity contribution in [2.75, 3.05) is 39.3 Å². The van der Waals surface area contributed by atoms with Crippen LogP contribution in [0.1, 0.15) is 76.1 Å². The van der Waals surface area contributed by atoms with Gasteiger partial charge in [-0.3, -0.25) is 14.4 Å². The molecule has 3 amide bonds. The Morgan fingerprint density at radius 3 is 2.24 bits per heavy atom. The molecule has 2 atom stereocenters. The normalized spacial score (nSPS) is 22.8. The molecule has 3 heterocycles. The van der Waals surface area contributed by atoms with Crippen molar-refractivity contribution in [2.24, 2.45) is 17.3 Å². The number of benzene rings is 1. The largest absolute Gasteiger partial charge is 0.465 e. The Kier molecular flexibility index (Phi) is 9.91. The summed E-state index contributed by atoms with van der Waals surface area (Å²) in [5.41, 5.74) is -2.29. The predicted molar refractivity (Wildman–Crippen MR) is 172 cm³/mol. The van der Waals surface area contributed by atoms with Crippen LogP contribution in [0, 0.1) is 23.1 Å². The van der Waals surface area contributed by atoms with Crippen LogP contribution in [0.3, 0.4) is 0 Å². The number of aliphatic hydroxyl groups is 1. The summed E-state index contributed by atoms with van der Waals surface area (Å²) in [5, 5.41) is 21.4. The first-order chi connectivity index (χ1) is 21.8. The molecule has 2 aromatic rings. The minimum atomic E-state index is -1.37. The maximum Gasteiger partial charge on any atom is 0.407 e. The molecule has 5 rings (SSSR count). The number of piperidine rings is 1. The van der Waals surface area contributed by atoms with Crippen LogP contribution < -0.4 is 5.56 Å². The van der Waals surface area contributed by atoms with E-state index in [0.29, 0.717) is 19.0 Å². The Hall–Kier alpha value is -3.73. The van der Waals surface area contributed by atoms with Gasteiger partial charge in [0.25, 0.3) is 11.5 Å². The first-order valence-electron chi connectivity index (χ1n) is 16.6. The standard InChI is InChI=1S/C35H47FN4O6/c1-24(19-25-9-5-4-6-10-25)31(42)39-14-13-35(46,34(2,3)22-39)23-40-21-28(32(43)37-15-17-38(18-16-37)33(44)45)27(20-30(40)41)26-11-7-8-12-29(26)36/h7-8,11-12,20-21,24-25,46H,4-6,9-10,13-19,22-23H2,1-3H3,(H,44,45)/t24?,35-/m1/s1. The zero-order valence-corrected chi connectivity index (χ0v) is 27.2. The van der Waals surface area contributed by atoms with E-state index in [1.54, 1.807) is 6.07 Å². The molecule has 1 aromatic carbocycles. The zero-order chi connectivity index (χ0) is 33.2. The number of hydrogen-bond donors (Lipinski definition) is 2. The highest BCUT2D eigenvalue weighted by molar-refractivity contribution is 6.00. The highest BCUT2D eigenvalue weighted by Gasteiger charge is 2.49. The van der Waals surface area contributed by atoms with E-state index in [-0.39, 0.29) is 67.7 Å². The summed E-state index contributed by atoms with van der Waals surface area (Å²) in [6.45, 7) is 6.95. The Morgan fingerprint density at radius 2 is 1.61 bits per heavy atom. The fourth-order valence-electron chi connectivity index (χ4n) is 7.50. The van der Waals surface area contributed by atoms with Crippen LogP contribution in [0.15, 0.2) is 41.3 Å². The van der Waals surface area contributed by atoms with Gasteiger partial charge < -0.3 is 29.5 Å². The van der Waals surface area contributed by atoms with E-state index < -0.39 is 34.4 Å². The van der Waals surface area contributed by atoms with Gasteiger partial charge in [0.1, 0.15) is 5.82 Å². The molecule has 1 saturated carbocycles. The highest BCUT2D eigenvalue weighted by atomic mass is 19.1. The van der Waals surface area contributed by atoms with Crippen molar-refractivity contribution >= 4 is 17.9 Å². The molecule has 1 aliphatic carbocycles. The molecule has 0 bridgehead atoms. The Labute approximate surface area is 269 Å². The minimum Gasteiger partial charge on any atom is -0.465 e. The molecule has 11 heteroatoms. The van der Waals surface area contributed by atoms with Crippen molar-refractivity contribution in [1.29, 1.82) is 0 Å². The van der Waals surface area contributed by atoms with Crippen LogP contribution in [-0.4, -0.2) is 92.3 Å². The van der Waals surface area contributed by atoms with E-state index in [9.17, 15) is 33.8 Å². The summed E-state index contributed by atoms with van der Waals surface area (Å²) in [5.74, 6) is -0.443. The van der Waals surface area contributed by atoms with Crippen molar-refractivity contribution in [3.63, 3.8) is 0 Å². The third kappa shape index (κ3) is 6.99. The Bertz CT molecular complexity index is 1510. The molecule has 2 saturated heterocycles. The van der Waals surface area contributed by atoms with E-state index in [0.717, 1.165) is 6.42 Å². The zero-order valence-electron chi connectivity index (χ0n) is 27.2. The lowest BCUT2D eigenvalue weighted by atomic mass is 9.69. The molecule has 10 nitrogen and oxygen atoms in total. The Balaban J connectivity index is 1.38. The third-order valence-electron chi connectivity index (χ3n) is 10.6. The number of carboxylic acid groups (broad SMARTS) is 1. The monoisotopic (exact) mass is 638 g/mol. The van der Waals surface area contributed by atoms with Crippen LogP contribution in [-0.2, 0) is 11.3 Å². The van der Waals surface area contributed by atoms with Crippen molar-refractivity contribution in [3.8, 4) is 11.1 Å². The molecule has 1 unspecified atom stereocenters. The van der Waals surface area contributed by atoms with Gasteiger partial charge in [-0.05, 0) is 24.8 Å². The lowest BCUT2D eigenvalue weighted by Gasteiger charge is -2.51. The van der Waals surface area contributed by atoms with Gasteiger partial charge in [-0.15, -0.1) is 0 Å². The predicted octanol–water partition coefficient (Wildman–Crippen LogP) is 4.69. The molecular weight excluding hydrogens is 591 g/mol. The lowest BCUT2D eigenvalue weighted by molar-refractivity contribution is -0.157. The van der Waals surface area contributed by atoms with Crippen molar-refractivity contribution in [2.45, 2.75) is 77.9 Å². The van der Waals surface area contributed by atoms with Crippen LogP contribution >= 0.6 is 0 Å². The number of likely N-dealkylation sites (tertiary alicyclic amines) is 1. The number of nitrogens with zero attached hydrogens (tertiary/aromatic N) is 4. The number of carbonyl (C=O) groups is 3. The van der Waals surface area contributed by atoms with Crippen LogP contribution in [0.5, 0.6) is 0 Å². The van der Waals surface area contributed by atoms with Gasteiger partial charge in [-0.1, -0.05) is 71.1 Å². The number of hydrogen-bond acceptors (Lipinski definition) is 5. The number of amides is 3. The first-order valence-corrected chi connectivity index (χ1v) is 16.6. The van der Waals surface area contributed by atoms with Gasteiger partial charge in [0.15, 0.2) is 0 Å². The molecule has 3 aliphatic rings. The van der Waals surface area contributed by atoms with E-state index >= 15 is 0 Å². The van der Waals surface area contributed by atoms with E-state index in [2.05, 4.69) is 0 Å². The molecule has 46 heavy (non-hydrogen) atoms. The molecule has 1 aromatic heterocycles. The number of halogens is 1. The quantitative estimate of drug-likeness (QED) is 0.454. The second-order valence-corrected chi connectivity index (χ2v) is 14.2. The second kappa shape index (κ2) is 13.6. The number of piperazine rings is 1. The van der Waals surface area contributed by atoms with E-state index in [1.165, 1.54) is 76.9 Å². The Morgan fingerprint density at radius 1 is 0.957 bits per heavy atom. The smallest absolute Gasteiger partial charge is 0.407 e. The molecule has 2 N–H and O–H groups in total. The summed E-state index contributed by atoms with van der Waals surface area (Å²) < 4.78 is 16.3. The first kappa shape index (κ1) is 33.6. The van der Waals surface area contributed by atoms with Gasteiger partial charge >= 0.3 is 6.09 Å². The van der Waals surface area contributed by atoms with Gasteiger partial charge in [0.05, 0.1) is 17.7 Å². The average molecular weight is 639 g/mol. The number of carbonyl (C=O) groups excluding carboxylic acids is 2. The molecule has 250 valence electrons. The third-order valence-corrected chi connectivity index (χ3v) is 10.6. The fourth-order valence-corrected chi connectivity index (χ4v) is 7.50. The summed E-state index contributed by atoms with van der Waals surface area (Å²) in [6.07, 6.45) is 7.55. The molecule has 0 spiro atoms. The summed E-state index contributed by atoms with van der Waals surface area (Å²) in [4.78, 5) is 56.9. The van der Waals surface area contributed by atoms with Crippen molar-refractivity contribution in [1.82, 2.24) is 19.3 Å². The maximum atomic E-state index is 15.0. The van der Waals surface area contributed by atoms with Gasteiger partial charge in [-0.25, -0.2) is 9.18 Å². The second-order valence-electron chi connectivity index (χ2n) is 14.2.